The summed E-state index contributed by atoms with van der Waals surface area (Å²) in [4.78, 5) is 16.9. The highest BCUT2D eigenvalue weighted by atomic mass is 32.1. The molecule has 5 heteroatoms. The van der Waals surface area contributed by atoms with Crippen LogP contribution in [0.2, 0.25) is 0 Å². The van der Waals surface area contributed by atoms with Crippen molar-refractivity contribution in [3.63, 3.8) is 0 Å². The summed E-state index contributed by atoms with van der Waals surface area (Å²) in [6.45, 7) is 5.32. The van der Waals surface area contributed by atoms with Gasteiger partial charge in [0.1, 0.15) is 0 Å². The Morgan fingerprint density at radius 1 is 0.848 bits per heavy atom. The monoisotopic (exact) mass is 455 g/mol. The minimum Gasteiger partial charge on any atom is -0.346 e. The number of rotatable bonds is 5. The second-order valence-electron chi connectivity index (χ2n) is 8.29. The highest BCUT2D eigenvalue weighted by molar-refractivity contribution is 7.80. The zero-order valence-electron chi connectivity index (χ0n) is 18.9. The van der Waals surface area contributed by atoms with E-state index in [4.69, 9.17) is 12.2 Å². The summed E-state index contributed by atoms with van der Waals surface area (Å²) >= 11 is 5.53. The third-order valence-electron chi connectivity index (χ3n) is 5.93. The van der Waals surface area contributed by atoms with Crippen molar-refractivity contribution in [2.24, 2.45) is 0 Å². The molecule has 1 heterocycles. The van der Waals surface area contributed by atoms with Crippen molar-refractivity contribution in [3.05, 3.63) is 113 Å². The van der Waals surface area contributed by atoms with Crippen molar-refractivity contribution in [2.45, 2.75) is 13.0 Å². The van der Waals surface area contributed by atoms with Gasteiger partial charge < -0.3 is 4.90 Å². The number of benzene rings is 3. The number of carbonyl (C=O) groups excluding carboxylic acids is 1. The second-order valence-corrected chi connectivity index (χ2v) is 8.67. The topological polar surface area (TPSA) is 35.6 Å². The molecule has 0 spiro atoms. The van der Waals surface area contributed by atoms with Gasteiger partial charge in [0.05, 0.1) is 6.04 Å². The van der Waals surface area contributed by atoms with E-state index in [9.17, 15) is 4.79 Å². The molecule has 1 amide bonds. The summed E-state index contributed by atoms with van der Waals surface area (Å²) in [5.41, 5.74) is 4.75. The van der Waals surface area contributed by atoms with E-state index in [2.05, 4.69) is 75.8 Å². The molecule has 3 aromatic rings. The summed E-state index contributed by atoms with van der Waals surface area (Å²) in [5, 5.41) is 3.34. The largest absolute Gasteiger partial charge is 0.346 e. The standard InChI is InChI=1S/C28H29N3OS/c1-22-12-14-23(15-13-22)16-17-26(32)29-28(33)31-20-18-30(19-21-31)27(24-8-4-2-5-9-24)25-10-6-3-7-11-25/h2-17,27H,18-21H2,1H3,(H,29,32,33). The summed E-state index contributed by atoms with van der Waals surface area (Å²) in [5.74, 6) is -0.200. The lowest BCUT2D eigenvalue weighted by atomic mass is 9.96. The number of hydrogen-bond acceptors (Lipinski definition) is 3. The van der Waals surface area contributed by atoms with E-state index in [0.717, 1.165) is 31.7 Å². The molecule has 4 rings (SSSR count). The molecule has 0 aliphatic carbocycles. The van der Waals surface area contributed by atoms with E-state index < -0.39 is 0 Å². The Balaban J connectivity index is 1.35. The molecule has 1 fully saturated rings. The maximum atomic E-state index is 12.4. The normalized spacial score (nSPS) is 14.5. The number of aryl methyl sites for hydroxylation is 1. The SMILES string of the molecule is Cc1ccc(C=CC(=O)NC(=S)N2CCN(C(c3ccccc3)c3ccccc3)CC2)cc1. The van der Waals surface area contributed by atoms with E-state index >= 15 is 0 Å². The molecule has 0 atom stereocenters. The van der Waals surface area contributed by atoms with Crippen molar-refractivity contribution in [2.75, 3.05) is 26.2 Å². The summed E-state index contributed by atoms with van der Waals surface area (Å²) in [6, 6.07) is 29.5. The summed E-state index contributed by atoms with van der Waals surface area (Å²) in [6.07, 6.45) is 3.34. The van der Waals surface area contributed by atoms with Crippen LogP contribution in [0.5, 0.6) is 0 Å². The van der Waals surface area contributed by atoms with Crippen LogP contribution in [-0.4, -0.2) is 47.0 Å². The fourth-order valence-corrected chi connectivity index (χ4v) is 4.43. The summed E-state index contributed by atoms with van der Waals surface area (Å²) in [7, 11) is 0. The maximum Gasteiger partial charge on any atom is 0.250 e. The van der Waals surface area contributed by atoms with Crippen LogP contribution in [-0.2, 0) is 4.79 Å². The van der Waals surface area contributed by atoms with Gasteiger partial charge in [-0.1, -0.05) is 90.5 Å². The molecule has 1 aliphatic heterocycles. The second kappa shape index (κ2) is 11.0. The van der Waals surface area contributed by atoms with Crippen LogP contribution in [0.1, 0.15) is 28.3 Å². The Labute approximate surface area is 201 Å². The van der Waals surface area contributed by atoms with Gasteiger partial charge in [0, 0.05) is 32.3 Å². The van der Waals surface area contributed by atoms with Crippen LogP contribution < -0.4 is 5.32 Å². The van der Waals surface area contributed by atoms with Gasteiger partial charge in [0.15, 0.2) is 5.11 Å². The van der Waals surface area contributed by atoms with E-state index in [-0.39, 0.29) is 11.9 Å². The molecule has 1 aliphatic rings. The van der Waals surface area contributed by atoms with Crippen molar-refractivity contribution in [1.82, 2.24) is 15.1 Å². The number of hydrogen-bond donors (Lipinski definition) is 1. The quantitative estimate of drug-likeness (QED) is 0.442. The number of carbonyl (C=O) groups is 1. The maximum absolute atomic E-state index is 12.4. The van der Waals surface area contributed by atoms with Gasteiger partial charge in [-0.2, -0.15) is 0 Å². The lowest BCUT2D eigenvalue weighted by molar-refractivity contribution is -0.115. The highest BCUT2D eigenvalue weighted by Crippen LogP contribution is 2.29. The van der Waals surface area contributed by atoms with E-state index in [1.807, 2.05) is 31.2 Å². The van der Waals surface area contributed by atoms with E-state index in [0.29, 0.717) is 5.11 Å². The Bertz CT molecular complexity index is 1050. The Kier molecular flexibility index (Phi) is 7.66. The smallest absolute Gasteiger partial charge is 0.250 e. The number of amides is 1. The van der Waals surface area contributed by atoms with Gasteiger partial charge in [0.25, 0.3) is 0 Å². The van der Waals surface area contributed by atoms with Gasteiger partial charge >= 0.3 is 0 Å². The van der Waals surface area contributed by atoms with Crippen molar-refractivity contribution >= 4 is 29.3 Å². The molecule has 0 bridgehead atoms. The zero-order chi connectivity index (χ0) is 23.0. The molecular weight excluding hydrogens is 426 g/mol. The van der Waals surface area contributed by atoms with Crippen LogP contribution >= 0.6 is 12.2 Å². The Morgan fingerprint density at radius 3 is 1.94 bits per heavy atom. The lowest BCUT2D eigenvalue weighted by Crippen LogP contribution is -2.53. The van der Waals surface area contributed by atoms with Crippen molar-refractivity contribution < 1.29 is 4.79 Å². The molecular formula is C28H29N3OS. The third-order valence-corrected chi connectivity index (χ3v) is 6.29. The van der Waals surface area contributed by atoms with Crippen LogP contribution in [0.4, 0.5) is 0 Å². The average molecular weight is 456 g/mol. The number of nitrogens with zero attached hydrogens (tertiary/aromatic N) is 2. The molecule has 3 aromatic carbocycles. The zero-order valence-corrected chi connectivity index (χ0v) is 19.7. The first-order valence-corrected chi connectivity index (χ1v) is 11.7. The van der Waals surface area contributed by atoms with Gasteiger partial charge in [0.2, 0.25) is 5.91 Å². The molecule has 0 unspecified atom stereocenters. The molecule has 0 aromatic heterocycles. The first-order chi connectivity index (χ1) is 16.1. The van der Waals surface area contributed by atoms with Crippen LogP contribution in [0.3, 0.4) is 0 Å². The van der Waals surface area contributed by atoms with Crippen LogP contribution in [0, 0.1) is 6.92 Å². The average Bonchev–Trinajstić information content (AvgIpc) is 2.85. The highest BCUT2D eigenvalue weighted by Gasteiger charge is 2.27. The van der Waals surface area contributed by atoms with Crippen LogP contribution in [0.15, 0.2) is 91.0 Å². The Hall–Kier alpha value is -3.28. The minimum atomic E-state index is -0.200. The predicted octanol–water partition coefficient (Wildman–Crippen LogP) is 4.82. The molecule has 1 saturated heterocycles. The third kappa shape index (κ3) is 6.15. The minimum absolute atomic E-state index is 0.200. The van der Waals surface area contributed by atoms with Crippen LogP contribution in [0.25, 0.3) is 6.08 Å². The van der Waals surface area contributed by atoms with E-state index in [1.54, 1.807) is 6.08 Å². The fraction of sp³-hybridized carbons (Fsp3) is 0.214. The fourth-order valence-electron chi connectivity index (χ4n) is 4.14. The predicted molar refractivity (Wildman–Crippen MR) is 139 cm³/mol. The van der Waals surface area contributed by atoms with E-state index in [1.165, 1.54) is 22.8 Å². The van der Waals surface area contributed by atoms with Gasteiger partial charge in [-0.15, -0.1) is 0 Å². The Morgan fingerprint density at radius 2 is 1.39 bits per heavy atom. The molecule has 0 saturated carbocycles. The van der Waals surface area contributed by atoms with Gasteiger partial charge in [-0.3, -0.25) is 15.0 Å². The first-order valence-electron chi connectivity index (χ1n) is 11.3. The van der Waals surface area contributed by atoms with Gasteiger partial charge in [-0.05, 0) is 41.9 Å². The molecule has 168 valence electrons. The van der Waals surface area contributed by atoms with Crippen molar-refractivity contribution in [3.8, 4) is 0 Å². The molecule has 4 nitrogen and oxygen atoms in total. The first kappa shape index (κ1) is 22.9. The number of piperazine rings is 1. The number of thiocarbonyl (C=S) groups is 1. The molecule has 33 heavy (non-hydrogen) atoms. The molecule has 1 N–H and O–H groups in total. The lowest BCUT2D eigenvalue weighted by Gasteiger charge is -2.40. The molecule has 0 radical (unpaired) electrons. The number of nitrogens with one attached hydrogen (secondary N) is 1. The van der Waals surface area contributed by atoms with Gasteiger partial charge in [-0.25, -0.2) is 0 Å². The summed E-state index contributed by atoms with van der Waals surface area (Å²) < 4.78 is 0. The van der Waals surface area contributed by atoms with Crippen molar-refractivity contribution in [1.29, 1.82) is 0 Å².